The van der Waals surface area contributed by atoms with Gasteiger partial charge in [-0.3, -0.25) is 20.4 Å². The molecule has 0 spiro atoms. The van der Waals surface area contributed by atoms with Gasteiger partial charge in [0.1, 0.15) is 0 Å². The molecule has 8 heteroatoms. The second kappa shape index (κ2) is 10.5. The molecule has 3 N–H and O–H groups in total. The van der Waals surface area contributed by atoms with Crippen LogP contribution < -0.4 is 16.2 Å². The van der Waals surface area contributed by atoms with Crippen LogP contribution >= 0.6 is 23.6 Å². The molecule has 0 fully saturated rings. The molecule has 6 nitrogen and oxygen atoms in total. The Morgan fingerprint density at radius 1 is 1.31 bits per heavy atom. The predicted molar refractivity (Wildman–Crippen MR) is 107 cm³/mol. The van der Waals surface area contributed by atoms with E-state index in [0.717, 1.165) is 37.0 Å². The first-order valence-corrected chi connectivity index (χ1v) is 10.2. The Bertz CT molecular complexity index is 646. The lowest BCUT2D eigenvalue weighted by Gasteiger charge is -2.16. The summed E-state index contributed by atoms with van der Waals surface area (Å²) in [6.45, 7) is 2.94. The summed E-state index contributed by atoms with van der Waals surface area (Å²) in [7, 11) is 1.40. The Morgan fingerprint density at radius 2 is 2.12 bits per heavy atom. The van der Waals surface area contributed by atoms with Crippen molar-refractivity contribution >= 4 is 40.5 Å². The van der Waals surface area contributed by atoms with Crippen molar-refractivity contribution in [3.63, 3.8) is 0 Å². The molecule has 1 atom stereocenters. The van der Waals surface area contributed by atoms with Crippen molar-refractivity contribution in [2.24, 2.45) is 5.92 Å². The number of rotatable bonds is 7. The zero-order chi connectivity index (χ0) is 18.9. The molecule has 144 valence electrons. The Kier molecular flexibility index (Phi) is 8.31. The van der Waals surface area contributed by atoms with Gasteiger partial charge >= 0.3 is 5.97 Å². The molecule has 1 heterocycles. The number of methoxy groups -OCH3 is 1. The molecule has 0 unspecified atom stereocenters. The molecule has 1 amide bonds. The monoisotopic (exact) mass is 397 g/mol. The fourth-order valence-electron chi connectivity index (χ4n) is 2.91. The van der Waals surface area contributed by atoms with Crippen LogP contribution in [-0.2, 0) is 22.4 Å². The summed E-state index contributed by atoms with van der Waals surface area (Å²) in [6.07, 6.45) is 6.37. The lowest BCUT2D eigenvalue weighted by atomic mass is 9.90. The molecule has 0 radical (unpaired) electrons. The van der Waals surface area contributed by atoms with E-state index in [1.807, 2.05) is 6.07 Å². The number of fused-ring (bicyclic) bond motifs is 1. The van der Waals surface area contributed by atoms with E-state index >= 15 is 0 Å². The van der Waals surface area contributed by atoms with E-state index < -0.39 is 0 Å². The first-order valence-electron chi connectivity index (χ1n) is 9.02. The van der Waals surface area contributed by atoms with Crippen LogP contribution in [-0.4, -0.2) is 30.6 Å². The first-order chi connectivity index (χ1) is 12.5. The van der Waals surface area contributed by atoms with Crippen molar-refractivity contribution in [1.82, 2.24) is 16.2 Å². The van der Waals surface area contributed by atoms with Crippen LogP contribution in [0.15, 0.2) is 6.07 Å². The Balaban J connectivity index is 1.61. The predicted octanol–water partition coefficient (Wildman–Crippen LogP) is 2.72. The maximum Gasteiger partial charge on any atom is 0.305 e. The molecular formula is C18H27N3O3S2. The maximum atomic E-state index is 12.3. The zero-order valence-corrected chi connectivity index (χ0v) is 17.0. The molecular weight excluding hydrogens is 370 g/mol. The molecule has 2 rings (SSSR count). The van der Waals surface area contributed by atoms with E-state index in [9.17, 15) is 9.59 Å². The number of thiophene rings is 1. The van der Waals surface area contributed by atoms with Gasteiger partial charge in [0.15, 0.2) is 5.11 Å². The quantitative estimate of drug-likeness (QED) is 0.284. The van der Waals surface area contributed by atoms with Crippen LogP contribution in [0, 0.1) is 5.92 Å². The number of carbonyl (C=O) groups is 2. The Morgan fingerprint density at radius 3 is 2.88 bits per heavy atom. The molecule has 0 aliphatic heterocycles. The number of ether oxygens (including phenoxy) is 1. The van der Waals surface area contributed by atoms with Gasteiger partial charge in [0.25, 0.3) is 5.91 Å². The fourth-order valence-corrected chi connectivity index (χ4v) is 4.17. The summed E-state index contributed by atoms with van der Waals surface area (Å²) in [4.78, 5) is 25.3. The van der Waals surface area contributed by atoms with Gasteiger partial charge in [-0.25, -0.2) is 0 Å². The summed E-state index contributed by atoms with van der Waals surface area (Å²) < 4.78 is 4.59. The molecule has 1 aromatic heterocycles. The second-order valence-corrected chi connectivity index (χ2v) is 8.17. The van der Waals surface area contributed by atoms with E-state index in [0.29, 0.717) is 24.0 Å². The van der Waals surface area contributed by atoms with Gasteiger partial charge in [-0.05, 0) is 61.9 Å². The van der Waals surface area contributed by atoms with Gasteiger partial charge in [-0.15, -0.1) is 11.3 Å². The second-order valence-electron chi connectivity index (χ2n) is 6.63. The number of amides is 1. The zero-order valence-electron chi connectivity index (χ0n) is 15.4. The molecule has 0 saturated carbocycles. The highest BCUT2D eigenvalue weighted by Crippen LogP contribution is 2.32. The summed E-state index contributed by atoms with van der Waals surface area (Å²) in [5, 5.41) is 3.43. The molecule has 0 aromatic carbocycles. The minimum absolute atomic E-state index is 0.153. The number of thiocarbonyl (C=S) groups is 1. The highest BCUT2D eigenvalue weighted by atomic mass is 32.1. The molecule has 26 heavy (non-hydrogen) atoms. The van der Waals surface area contributed by atoms with Gasteiger partial charge in [0.2, 0.25) is 0 Å². The molecule has 0 bridgehead atoms. The number of nitrogens with one attached hydrogen (secondary N) is 3. The van der Waals surface area contributed by atoms with Crippen molar-refractivity contribution in [2.75, 3.05) is 13.7 Å². The highest BCUT2D eigenvalue weighted by molar-refractivity contribution is 7.80. The third kappa shape index (κ3) is 6.57. The van der Waals surface area contributed by atoms with E-state index in [4.69, 9.17) is 12.2 Å². The number of hydrogen-bond acceptors (Lipinski definition) is 5. The lowest BCUT2D eigenvalue weighted by molar-refractivity contribution is -0.140. The Hall–Kier alpha value is -1.67. The van der Waals surface area contributed by atoms with Crippen molar-refractivity contribution in [2.45, 2.75) is 51.9 Å². The van der Waals surface area contributed by atoms with E-state index in [1.54, 1.807) is 11.3 Å². The number of carbonyl (C=O) groups excluding carboxylic acids is 2. The number of unbranched alkanes of at least 4 members (excludes halogenated alkanes) is 2. The normalized spacial score (nSPS) is 15.7. The van der Waals surface area contributed by atoms with Crippen molar-refractivity contribution in [3.8, 4) is 0 Å². The number of esters is 1. The number of hydrogen-bond donors (Lipinski definition) is 3. The average Bonchev–Trinajstić information content (AvgIpc) is 3.05. The van der Waals surface area contributed by atoms with Crippen LogP contribution in [0.2, 0.25) is 0 Å². The fraction of sp³-hybridized carbons (Fsp3) is 0.611. The topological polar surface area (TPSA) is 79.5 Å². The first kappa shape index (κ1) is 20.6. The standard InChI is InChI=1S/C18H27N3O3S2/c1-12-7-8-14-13(10-12)11-15(26-14)17(23)20-21-18(25)19-9-5-3-4-6-16(22)24-2/h11-12H,3-10H2,1-2H3,(H,20,23)(H2,19,21,25)/t12-/m1/s1. The van der Waals surface area contributed by atoms with Crippen molar-refractivity contribution in [3.05, 3.63) is 21.4 Å². The van der Waals surface area contributed by atoms with Crippen molar-refractivity contribution < 1.29 is 14.3 Å². The average molecular weight is 398 g/mol. The van der Waals surface area contributed by atoms with E-state index in [-0.39, 0.29) is 11.9 Å². The van der Waals surface area contributed by atoms with Crippen LogP contribution in [0.4, 0.5) is 0 Å². The summed E-state index contributed by atoms with van der Waals surface area (Å²) in [5.41, 5.74) is 6.70. The van der Waals surface area contributed by atoms with Crippen molar-refractivity contribution in [1.29, 1.82) is 0 Å². The third-order valence-electron chi connectivity index (χ3n) is 4.41. The highest BCUT2D eigenvalue weighted by Gasteiger charge is 2.20. The van der Waals surface area contributed by atoms with Crippen LogP contribution in [0.3, 0.4) is 0 Å². The molecule has 1 aromatic rings. The SMILES string of the molecule is COC(=O)CCCCCNC(=S)NNC(=O)c1cc2c(s1)CC[C@@H](C)C2. The molecule has 1 aliphatic rings. The largest absolute Gasteiger partial charge is 0.469 e. The summed E-state index contributed by atoms with van der Waals surface area (Å²) >= 11 is 6.73. The Labute approximate surface area is 164 Å². The van der Waals surface area contributed by atoms with Gasteiger partial charge in [0.05, 0.1) is 12.0 Å². The van der Waals surface area contributed by atoms with Gasteiger partial charge in [-0.1, -0.05) is 13.3 Å². The van der Waals surface area contributed by atoms with E-state index in [2.05, 4.69) is 27.8 Å². The van der Waals surface area contributed by atoms with Crippen LogP contribution in [0.5, 0.6) is 0 Å². The molecule has 0 saturated heterocycles. The summed E-state index contributed by atoms with van der Waals surface area (Å²) in [5.74, 6) is 0.359. The number of aryl methyl sites for hydroxylation is 1. The lowest BCUT2D eigenvalue weighted by Crippen LogP contribution is -2.46. The van der Waals surface area contributed by atoms with Gasteiger partial charge < -0.3 is 10.1 Å². The van der Waals surface area contributed by atoms with Crippen LogP contribution in [0.25, 0.3) is 0 Å². The van der Waals surface area contributed by atoms with Gasteiger partial charge in [-0.2, -0.15) is 0 Å². The summed E-state index contributed by atoms with van der Waals surface area (Å²) in [6, 6.07) is 2.00. The number of hydrazine groups is 1. The minimum Gasteiger partial charge on any atom is -0.469 e. The van der Waals surface area contributed by atoms with Gasteiger partial charge in [0, 0.05) is 17.8 Å². The maximum absolute atomic E-state index is 12.3. The minimum atomic E-state index is -0.178. The third-order valence-corrected chi connectivity index (χ3v) is 5.90. The van der Waals surface area contributed by atoms with Crippen LogP contribution in [0.1, 0.15) is 59.1 Å². The van der Waals surface area contributed by atoms with E-state index in [1.165, 1.54) is 24.0 Å². The smallest absolute Gasteiger partial charge is 0.305 e. The molecule has 1 aliphatic carbocycles.